The van der Waals surface area contributed by atoms with E-state index in [9.17, 15) is 9.18 Å². The van der Waals surface area contributed by atoms with Gasteiger partial charge < -0.3 is 4.74 Å². The van der Waals surface area contributed by atoms with E-state index in [4.69, 9.17) is 4.74 Å². The highest BCUT2D eigenvalue weighted by atomic mass is 19.1. The number of carbonyl (C=O) groups excluding carboxylic acids is 1. The molecule has 3 heteroatoms. The first-order valence-electron chi connectivity index (χ1n) is 12.2. The van der Waals surface area contributed by atoms with Crippen molar-refractivity contribution in [3.8, 4) is 11.1 Å². The van der Waals surface area contributed by atoms with Crippen LogP contribution in [-0.4, -0.2) is 12.6 Å². The topological polar surface area (TPSA) is 26.3 Å². The third-order valence-corrected chi connectivity index (χ3v) is 6.67. The lowest BCUT2D eigenvalue weighted by Gasteiger charge is -2.28. The van der Waals surface area contributed by atoms with E-state index in [1.54, 1.807) is 18.2 Å². The fourth-order valence-electron chi connectivity index (χ4n) is 4.78. The highest BCUT2D eigenvalue weighted by Gasteiger charge is 2.22. The molecule has 0 spiro atoms. The zero-order valence-electron chi connectivity index (χ0n) is 19.2. The molecule has 3 rings (SSSR count). The number of esters is 1. The summed E-state index contributed by atoms with van der Waals surface area (Å²) in [4.78, 5) is 12.2. The molecule has 0 atom stereocenters. The summed E-state index contributed by atoms with van der Waals surface area (Å²) < 4.78 is 20.3. The monoisotopic (exact) mass is 424 g/mol. The van der Waals surface area contributed by atoms with Gasteiger partial charge in [-0.25, -0.2) is 9.18 Å². The number of hydrogen-bond donors (Lipinski definition) is 0. The zero-order valence-corrected chi connectivity index (χ0v) is 19.2. The molecule has 0 aliphatic heterocycles. The van der Waals surface area contributed by atoms with E-state index in [1.807, 2.05) is 18.2 Å². The highest BCUT2D eigenvalue weighted by molar-refractivity contribution is 5.90. The number of carbonyl (C=O) groups is 1. The molecule has 2 aromatic rings. The molecule has 0 radical (unpaired) electrons. The van der Waals surface area contributed by atoms with Gasteiger partial charge in [0.15, 0.2) is 0 Å². The summed E-state index contributed by atoms with van der Waals surface area (Å²) in [5.74, 6) is 0.843. The second-order valence-electron chi connectivity index (χ2n) is 9.02. The maximum absolute atomic E-state index is 14.9. The van der Waals surface area contributed by atoms with Crippen LogP contribution in [-0.2, 0) is 4.74 Å². The molecular weight excluding hydrogens is 387 g/mol. The Balaban J connectivity index is 1.58. The van der Waals surface area contributed by atoms with E-state index >= 15 is 0 Å². The van der Waals surface area contributed by atoms with Crippen LogP contribution in [0.25, 0.3) is 11.1 Å². The van der Waals surface area contributed by atoms with Crippen molar-refractivity contribution in [1.82, 2.24) is 0 Å². The van der Waals surface area contributed by atoms with Crippen molar-refractivity contribution >= 4 is 5.97 Å². The van der Waals surface area contributed by atoms with E-state index in [1.165, 1.54) is 38.5 Å². The minimum absolute atomic E-state index is 0.181. The lowest BCUT2D eigenvalue weighted by Crippen LogP contribution is -2.13. The quantitative estimate of drug-likeness (QED) is 0.283. The highest BCUT2D eigenvalue weighted by Crippen LogP contribution is 2.38. The second kappa shape index (κ2) is 12.0. The maximum atomic E-state index is 14.9. The molecule has 168 valence electrons. The summed E-state index contributed by atoms with van der Waals surface area (Å²) in [6.07, 6.45) is 11.7. The average molecular weight is 425 g/mol. The molecule has 2 nitrogen and oxygen atoms in total. The second-order valence-corrected chi connectivity index (χ2v) is 9.02. The third kappa shape index (κ3) is 6.66. The first kappa shape index (κ1) is 23.5. The van der Waals surface area contributed by atoms with Crippen molar-refractivity contribution in [2.75, 3.05) is 6.61 Å². The molecule has 0 aromatic heterocycles. The lowest BCUT2D eigenvalue weighted by atomic mass is 9.77. The van der Waals surface area contributed by atoms with Gasteiger partial charge in [-0.3, -0.25) is 0 Å². The SMILES string of the molecule is CCCCCCOC(=O)c1ccc(-c2ccc([C@H]3CC[C@H](CCC)CC3)cc2F)cc1. The van der Waals surface area contributed by atoms with Crippen LogP contribution in [0, 0.1) is 11.7 Å². The minimum atomic E-state index is -0.308. The van der Waals surface area contributed by atoms with Crippen LogP contribution in [0.5, 0.6) is 0 Å². The Bertz CT molecular complexity index is 819. The molecule has 1 aliphatic carbocycles. The standard InChI is InChI=1S/C28H37FO2/c1-3-5-6-7-19-31-28(30)24-15-13-23(14-16-24)26-18-17-25(20-27(26)29)22-11-9-21(8-4-2)10-12-22/h13-18,20-22H,3-12,19H2,1-2H3/t21-,22-. The Morgan fingerprint density at radius 1 is 0.935 bits per heavy atom. The van der Waals surface area contributed by atoms with Gasteiger partial charge in [-0.15, -0.1) is 0 Å². The predicted octanol–water partition coefficient (Wildman–Crippen LogP) is 8.30. The predicted molar refractivity (Wildman–Crippen MR) is 126 cm³/mol. The Kier molecular flexibility index (Phi) is 9.12. The molecule has 0 amide bonds. The van der Waals surface area contributed by atoms with Gasteiger partial charge in [0.05, 0.1) is 12.2 Å². The number of benzene rings is 2. The number of hydrogen-bond acceptors (Lipinski definition) is 2. The van der Waals surface area contributed by atoms with Gasteiger partial charge in [0.25, 0.3) is 0 Å². The lowest BCUT2D eigenvalue weighted by molar-refractivity contribution is 0.0498. The molecule has 0 N–H and O–H groups in total. The van der Waals surface area contributed by atoms with Crippen LogP contribution in [0.4, 0.5) is 4.39 Å². The summed E-state index contributed by atoms with van der Waals surface area (Å²) in [7, 11) is 0. The zero-order chi connectivity index (χ0) is 22.1. The minimum Gasteiger partial charge on any atom is -0.462 e. The fourth-order valence-corrected chi connectivity index (χ4v) is 4.78. The van der Waals surface area contributed by atoms with E-state index in [-0.39, 0.29) is 11.8 Å². The fraction of sp³-hybridized carbons (Fsp3) is 0.536. The Morgan fingerprint density at radius 3 is 2.32 bits per heavy atom. The van der Waals surface area contributed by atoms with E-state index in [2.05, 4.69) is 19.9 Å². The summed E-state index contributed by atoms with van der Waals surface area (Å²) in [6, 6.07) is 12.8. The summed E-state index contributed by atoms with van der Waals surface area (Å²) in [5, 5.41) is 0. The molecule has 0 heterocycles. The Hall–Kier alpha value is -2.16. The summed E-state index contributed by atoms with van der Waals surface area (Å²) in [5.41, 5.74) is 3.01. The van der Waals surface area contributed by atoms with Crippen LogP contribution < -0.4 is 0 Å². The molecule has 0 bridgehead atoms. The summed E-state index contributed by atoms with van der Waals surface area (Å²) >= 11 is 0. The number of unbranched alkanes of at least 4 members (excludes halogenated alkanes) is 3. The molecule has 0 unspecified atom stereocenters. The van der Waals surface area contributed by atoms with Gasteiger partial charge in [-0.05, 0) is 73.3 Å². The Morgan fingerprint density at radius 2 is 1.68 bits per heavy atom. The van der Waals surface area contributed by atoms with Crippen LogP contribution in [0.2, 0.25) is 0 Å². The van der Waals surface area contributed by atoms with Crippen LogP contribution in [0.3, 0.4) is 0 Å². The molecule has 2 aromatic carbocycles. The summed E-state index contributed by atoms with van der Waals surface area (Å²) in [6.45, 7) is 4.86. The van der Waals surface area contributed by atoms with Gasteiger partial charge in [-0.2, -0.15) is 0 Å². The van der Waals surface area contributed by atoms with Gasteiger partial charge in [0.2, 0.25) is 0 Å². The third-order valence-electron chi connectivity index (χ3n) is 6.67. The Labute approximate surface area is 187 Å². The van der Waals surface area contributed by atoms with Crippen molar-refractivity contribution in [3.05, 3.63) is 59.4 Å². The first-order chi connectivity index (χ1) is 15.1. The van der Waals surface area contributed by atoms with Crippen molar-refractivity contribution in [1.29, 1.82) is 0 Å². The smallest absolute Gasteiger partial charge is 0.338 e. The van der Waals surface area contributed by atoms with Crippen molar-refractivity contribution in [2.24, 2.45) is 5.92 Å². The molecule has 1 aliphatic rings. The number of ether oxygens (including phenoxy) is 1. The van der Waals surface area contributed by atoms with Gasteiger partial charge in [-0.1, -0.05) is 70.2 Å². The van der Waals surface area contributed by atoms with Gasteiger partial charge in [0, 0.05) is 5.56 Å². The molecule has 1 saturated carbocycles. The largest absolute Gasteiger partial charge is 0.462 e. The van der Waals surface area contributed by atoms with Crippen molar-refractivity contribution in [3.63, 3.8) is 0 Å². The average Bonchev–Trinajstić information content (AvgIpc) is 2.79. The molecular formula is C28H37FO2. The maximum Gasteiger partial charge on any atom is 0.338 e. The van der Waals surface area contributed by atoms with Crippen LogP contribution in [0.1, 0.15) is 99.9 Å². The molecule has 31 heavy (non-hydrogen) atoms. The van der Waals surface area contributed by atoms with Gasteiger partial charge >= 0.3 is 5.97 Å². The van der Waals surface area contributed by atoms with E-state index < -0.39 is 0 Å². The molecule has 1 fully saturated rings. The van der Waals surface area contributed by atoms with Crippen molar-refractivity contribution in [2.45, 2.75) is 84.0 Å². The van der Waals surface area contributed by atoms with Crippen LogP contribution >= 0.6 is 0 Å². The van der Waals surface area contributed by atoms with E-state index in [0.29, 0.717) is 23.7 Å². The number of halogens is 1. The van der Waals surface area contributed by atoms with Crippen LogP contribution in [0.15, 0.2) is 42.5 Å². The van der Waals surface area contributed by atoms with E-state index in [0.717, 1.165) is 42.7 Å². The normalized spacial score (nSPS) is 18.7. The van der Waals surface area contributed by atoms with Crippen molar-refractivity contribution < 1.29 is 13.9 Å². The van der Waals surface area contributed by atoms with Gasteiger partial charge in [0.1, 0.15) is 5.82 Å². The number of rotatable bonds is 10. The molecule has 0 saturated heterocycles. The first-order valence-corrected chi connectivity index (χ1v) is 12.2.